The van der Waals surface area contributed by atoms with Gasteiger partial charge in [0, 0.05) is 10.8 Å². The molecule has 2 aromatic carbocycles. The number of rotatable bonds is 1. The molecule has 0 bridgehead atoms. The van der Waals surface area contributed by atoms with Crippen LogP contribution in [0.2, 0.25) is 0 Å². The quantitative estimate of drug-likeness (QED) is 0.561. The normalized spacial score (nSPS) is 11.2. The second-order valence-electron chi connectivity index (χ2n) is 4.38. The van der Waals surface area contributed by atoms with E-state index in [0.717, 1.165) is 33.3 Å². The average Bonchev–Trinajstić information content (AvgIpc) is 2.90. The lowest BCUT2D eigenvalue weighted by atomic mass is 10.1. The summed E-state index contributed by atoms with van der Waals surface area (Å²) in [7, 11) is 0. The van der Waals surface area contributed by atoms with Crippen LogP contribution >= 0.6 is 0 Å². The van der Waals surface area contributed by atoms with Gasteiger partial charge in [-0.3, -0.25) is 0 Å². The van der Waals surface area contributed by atoms with E-state index in [2.05, 4.69) is 20.2 Å². The maximum Gasteiger partial charge on any atom is 0.159 e. The molecule has 0 radical (unpaired) electrons. The number of nitrogens with zero attached hydrogens (tertiary/aromatic N) is 3. The highest BCUT2D eigenvalue weighted by atomic mass is 15.1. The van der Waals surface area contributed by atoms with Crippen LogP contribution in [0.4, 0.5) is 0 Å². The van der Waals surface area contributed by atoms with Crippen molar-refractivity contribution in [3.8, 4) is 11.5 Å². The number of H-pyrrole nitrogens is 1. The van der Waals surface area contributed by atoms with E-state index < -0.39 is 0 Å². The van der Waals surface area contributed by atoms with Gasteiger partial charge in [-0.05, 0) is 12.1 Å². The molecule has 2 heterocycles. The highest BCUT2D eigenvalue weighted by molar-refractivity contribution is 5.93. The Bertz CT molecular complexity index is 841. The monoisotopic (exact) mass is 246 g/mol. The maximum absolute atomic E-state index is 4.58. The summed E-state index contributed by atoms with van der Waals surface area (Å²) >= 11 is 0. The number of hydrogen-bond donors (Lipinski definition) is 1. The highest BCUT2D eigenvalue weighted by Gasteiger charge is 2.10. The van der Waals surface area contributed by atoms with Gasteiger partial charge in [-0.15, -0.1) is 5.10 Å². The Morgan fingerprint density at radius 3 is 2.68 bits per heavy atom. The Hall–Kier alpha value is -2.75. The molecule has 0 atom stereocenters. The Morgan fingerprint density at radius 1 is 0.895 bits per heavy atom. The number of fused-ring (bicyclic) bond motifs is 2. The molecule has 0 unspecified atom stereocenters. The molecule has 19 heavy (non-hydrogen) atoms. The predicted octanol–water partition coefficient (Wildman–Crippen LogP) is 3.17. The summed E-state index contributed by atoms with van der Waals surface area (Å²) in [6, 6.07) is 16.0. The number of benzene rings is 2. The second-order valence-corrected chi connectivity index (χ2v) is 4.38. The third-order valence-corrected chi connectivity index (χ3v) is 3.18. The van der Waals surface area contributed by atoms with Gasteiger partial charge in [0.15, 0.2) is 5.82 Å². The van der Waals surface area contributed by atoms with Gasteiger partial charge in [0.1, 0.15) is 5.69 Å². The number of aromatic nitrogens is 4. The van der Waals surface area contributed by atoms with Crippen LogP contribution in [-0.4, -0.2) is 20.2 Å². The zero-order valence-electron chi connectivity index (χ0n) is 10.0. The molecule has 0 saturated carbocycles. The van der Waals surface area contributed by atoms with Gasteiger partial charge >= 0.3 is 0 Å². The lowest BCUT2D eigenvalue weighted by Gasteiger charge is -2.00. The largest absolute Gasteiger partial charge is 0.337 e. The van der Waals surface area contributed by atoms with E-state index in [0.29, 0.717) is 0 Å². The number of hydrogen-bond acceptors (Lipinski definition) is 3. The van der Waals surface area contributed by atoms with Crippen LogP contribution < -0.4 is 0 Å². The zero-order chi connectivity index (χ0) is 12.7. The number of para-hydroxylation sites is 2. The van der Waals surface area contributed by atoms with Crippen LogP contribution in [0.25, 0.3) is 33.3 Å². The number of nitrogens with one attached hydrogen (secondary N) is 1. The van der Waals surface area contributed by atoms with Crippen molar-refractivity contribution in [3.05, 3.63) is 54.7 Å². The lowest BCUT2D eigenvalue weighted by molar-refractivity contribution is 1.04. The van der Waals surface area contributed by atoms with Crippen LogP contribution in [0.15, 0.2) is 54.7 Å². The highest BCUT2D eigenvalue weighted by Crippen LogP contribution is 2.25. The molecule has 0 spiro atoms. The van der Waals surface area contributed by atoms with Crippen molar-refractivity contribution >= 4 is 21.8 Å². The molecule has 4 aromatic rings. The van der Waals surface area contributed by atoms with E-state index in [1.807, 2.05) is 48.5 Å². The van der Waals surface area contributed by atoms with Gasteiger partial charge in [-0.25, -0.2) is 4.98 Å². The molecule has 4 nitrogen and oxygen atoms in total. The first-order valence-electron chi connectivity index (χ1n) is 6.07. The fourth-order valence-electron chi connectivity index (χ4n) is 2.27. The first kappa shape index (κ1) is 10.2. The molecule has 0 aliphatic carbocycles. The van der Waals surface area contributed by atoms with Crippen LogP contribution in [0, 0.1) is 0 Å². The molecule has 2 aromatic heterocycles. The molecular formula is C15H10N4. The molecule has 1 N–H and O–H groups in total. The molecule has 0 fully saturated rings. The van der Waals surface area contributed by atoms with Crippen molar-refractivity contribution < 1.29 is 0 Å². The maximum atomic E-state index is 4.58. The number of aromatic amines is 1. The molecule has 90 valence electrons. The van der Waals surface area contributed by atoms with E-state index >= 15 is 0 Å². The summed E-state index contributed by atoms with van der Waals surface area (Å²) in [5.74, 6) is 0.755. The Morgan fingerprint density at radius 2 is 1.74 bits per heavy atom. The van der Waals surface area contributed by atoms with Gasteiger partial charge in [0.05, 0.1) is 17.2 Å². The lowest BCUT2D eigenvalue weighted by Crippen LogP contribution is -1.90. The standard InChI is InChI=1S/C15H10N4/c1-2-6-11-10(5-1)9-16-19-14(11)15-17-12-7-3-4-8-13(12)18-15/h1-9H,(H,17,18). The van der Waals surface area contributed by atoms with Crippen LogP contribution in [0.1, 0.15) is 0 Å². The molecule has 4 heteroatoms. The van der Waals surface area contributed by atoms with Crippen molar-refractivity contribution in [2.24, 2.45) is 0 Å². The molecule has 4 rings (SSSR count). The van der Waals surface area contributed by atoms with E-state index in [1.54, 1.807) is 6.20 Å². The van der Waals surface area contributed by atoms with Crippen molar-refractivity contribution in [3.63, 3.8) is 0 Å². The first-order valence-corrected chi connectivity index (χ1v) is 6.07. The van der Waals surface area contributed by atoms with Crippen LogP contribution in [-0.2, 0) is 0 Å². The van der Waals surface area contributed by atoms with Crippen molar-refractivity contribution in [1.82, 2.24) is 20.2 Å². The summed E-state index contributed by atoms with van der Waals surface area (Å²) in [5.41, 5.74) is 2.73. The summed E-state index contributed by atoms with van der Waals surface area (Å²) in [6.07, 6.45) is 1.77. The minimum Gasteiger partial charge on any atom is -0.337 e. The van der Waals surface area contributed by atoms with E-state index in [9.17, 15) is 0 Å². The van der Waals surface area contributed by atoms with Crippen LogP contribution in [0.3, 0.4) is 0 Å². The minimum absolute atomic E-state index is 0.755. The molecular weight excluding hydrogens is 236 g/mol. The van der Waals surface area contributed by atoms with Gasteiger partial charge in [-0.1, -0.05) is 36.4 Å². The fraction of sp³-hybridized carbons (Fsp3) is 0. The Kier molecular flexibility index (Phi) is 2.08. The average molecular weight is 246 g/mol. The summed E-state index contributed by atoms with van der Waals surface area (Å²) in [6.45, 7) is 0. The molecule has 0 aliphatic heterocycles. The van der Waals surface area contributed by atoms with Crippen LogP contribution in [0.5, 0.6) is 0 Å². The third kappa shape index (κ3) is 1.57. The van der Waals surface area contributed by atoms with Gasteiger partial charge in [0.25, 0.3) is 0 Å². The SMILES string of the molecule is c1ccc2c(-c3nc4ccccc4[nH]3)nncc2c1. The predicted molar refractivity (Wildman–Crippen MR) is 74.6 cm³/mol. The van der Waals surface area contributed by atoms with Gasteiger partial charge < -0.3 is 4.98 Å². The van der Waals surface area contributed by atoms with Gasteiger partial charge in [0.2, 0.25) is 0 Å². The van der Waals surface area contributed by atoms with Crippen molar-refractivity contribution in [2.45, 2.75) is 0 Å². The molecule has 0 saturated heterocycles. The summed E-state index contributed by atoms with van der Waals surface area (Å²) in [4.78, 5) is 7.87. The Balaban J connectivity index is 2.03. The molecule has 0 aliphatic rings. The van der Waals surface area contributed by atoms with E-state index in [1.165, 1.54) is 0 Å². The fourth-order valence-corrected chi connectivity index (χ4v) is 2.27. The van der Waals surface area contributed by atoms with Crippen molar-refractivity contribution in [2.75, 3.05) is 0 Å². The second kappa shape index (κ2) is 3.88. The first-order chi connectivity index (χ1) is 9.42. The van der Waals surface area contributed by atoms with E-state index in [4.69, 9.17) is 0 Å². The summed E-state index contributed by atoms with van der Waals surface area (Å²) < 4.78 is 0. The van der Waals surface area contributed by atoms with Crippen molar-refractivity contribution in [1.29, 1.82) is 0 Å². The van der Waals surface area contributed by atoms with E-state index in [-0.39, 0.29) is 0 Å². The third-order valence-electron chi connectivity index (χ3n) is 3.18. The topological polar surface area (TPSA) is 54.5 Å². The zero-order valence-corrected chi connectivity index (χ0v) is 10.0. The smallest absolute Gasteiger partial charge is 0.159 e. The van der Waals surface area contributed by atoms with Gasteiger partial charge in [-0.2, -0.15) is 5.10 Å². The molecule has 0 amide bonds. The summed E-state index contributed by atoms with van der Waals surface area (Å²) in [5, 5.41) is 10.4. The number of imidazole rings is 1. The minimum atomic E-state index is 0.755. The Labute approximate surface area is 109 Å².